The van der Waals surface area contributed by atoms with Gasteiger partial charge in [0, 0.05) is 37.2 Å². The van der Waals surface area contributed by atoms with Crippen molar-refractivity contribution in [2.75, 3.05) is 13.2 Å². The van der Waals surface area contributed by atoms with Crippen LogP contribution in [0.15, 0.2) is 42.7 Å². The molecule has 0 spiro atoms. The number of aromatic amines is 1. The van der Waals surface area contributed by atoms with Gasteiger partial charge in [-0.25, -0.2) is 0 Å². The molecule has 2 aromatic heterocycles. The van der Waals surface area contributed by atoms with E-state index < -0.39 is 0 Å². The molecule has 0 unspecified atom stereocenters. The number of H-pyrrole nitrogens is 1. The predicted octanol–water partition coefficient (Wildman–Crippen LogP) is 2.85. The number of carbonyl (C=O) groups is 2. The van der Waals surface area contributed by atoms with Crippen LogP contribution in [0.4, 0.5) is 0 Å². The van der Waals surface area contributed by atoms with Crippen molar-refractivity contribution in [1.82, 2.24) is 20.6 Å². The Morgan fingerprint density at radius 1 is 1.23 bits per heavy atom. The fourth-order valence-corrected chi connectivity index (χ4v) is 3.89. The van der Waals surface area contributed by atoms with Gasteiger partial charge >= 0.3 is 0 Å². The number of nitrogens with one attached hydrogen (secondary N) is 3. The molecule has 30 heavy (non-hydrogen) atoms. The number of pyridine rings is 1. The lowest BCUT2D eigenvalue weighted by molar-refractivity contribution is -0.127. The summed E-state index contributed by atoms with van der Waals surface area (Å²) in [6.07, 6.45) is 8.20. The lowest BCUT2D eigenvalue weighted by atomic mass is 9.83. The van der Waals surface area contributed by atoms with Crippen molar-refractivity contribution in [2.45, 2.75) is 57.6 Å². The fraction of sp³-hybridized carbons (Fsp3) is 0.522. The lowest BCUT2D eigenvalue weighted by Crippen LogP contribution is -2.50. The molecular weight excluding hydrogens is 380 g/mol. The third-order valence-electron chi connectivity index (χ3n) is 5.49. The number of hydrogen-bond acceptors (Lipinski definition) is 4. The summed E-state index contributed by atoms with van der Waals surface area (Å²) >= 11 is 0. The third-order valence-corrected chi connectivity index (χ3v) is 5.49. The average molecular weight is 413 g/mol. The summed E-state index contributed by atoms with van der Waals surface area (Å²) in [6.45, 7) is 3.35. The van der Waals surface area contributed by atoms with Gasteiger partial charge in [0.15, 0.2) is 0 Å². The second kappa shape index (κ2) is 11.5. The van der Waals surface area contributed by atoms with Crippen molar-refractivity contribution in [3.8, 4) is 0 Å². The van der Waals surface area contributed by atoms with E-state index in [1.54, 1.807) is 24.5 Å². The number of nitrogens with zero attached hydrogens (tertiary/aromatic N) is 1. The van der Waals surface area contributed by atoms with Gasteiger partial charge in [-0.2, -0.15) is 0 Å². The Balaban J connectivity index is 1.49. The van der Waals surface area contributed by atoms with Gasteiger partial charge in [0.25, 0.3) is 5.91 Å². The van der Waals surface area contributed by atoms with Crippen LogP contribution in [0.2, 0.25) is 0 Å². The molecule has 2 aromatic rings. The monoisotopic (exact) mass is 412 g/mol. The van der Waals surface area contributed by atoms with Crippen LogP contribution >= 0.6 is 0 Å². The molecule has 2 heterocycles. The molecule has 7 heteroatoms. The van der Waals surface area contributed by atoms with Crippen molar-refractivity contribution in [3.05, 3.63) is 54.1 Å². The summed E-state index contributed by atoms with van der Waals surface area (Å²) in [5.74, 6) is -0.217. The normalized spacial score (nSPS) is 21.2. The smallest absolute Gasteiger partial charge is 0.267 e. The van der Waals surface area contributed by atoms with Crippen molar-refractivity contribution >= 4 is 11.8 Å². The second-order valence-corrected chi connectivity index (χ2v) is 7.80. The van der Waals surface area contributed by atoms with Gasteiger partial charge in [-0.3, -0.25) is 14.6 Å². The number of ether oxygens (including phenoxy) is 1. The van der Waals surface area contributed by atoms with E-state index in [9.17, 15) is 9.59 Å². The van der Waals surface area contributed by atoms with Gasteiger partial charge in [-0.05, 0) is 62.8 Å². The number of aryl methyl sites for hydroxylation is 1. The highest BCUT2D eigenvalue weighted by Gasteiger charge is 2.35. The molecule has 3 N–H and O–H groups in total. The molecule has 0 bridgehead atoms. The molecule has 1 fully saturated rings. The summed E-state index contributed by atoms with van der Waals surface area (Å²) in [6, 6.07) is 9.23. The van der Waals surface area contributed by atoms with Crippen LogP contribution in [0.1, 0.15) is 55.2 Å². The summed E-state index contributed by atoms with van der Waals surface area (Å²) in [5, 5.41) is 6.13. The highest BCUT2D eigenvalue weighted by atomic mass is 16.5. The Bertz CT molecular complexity index is 779. The summed E-state index contributed by atoms with van der Waals surface area (Å²) in [5.41, 5.74) is 1.55. The Morgan fingerprint density at radius 3 is 2.87 bits per heavy atom. The molecule has 3 atom stereocenters. The SMILES string of the molecule is CCCO[C@@H]1CC[C@H](C(=O)NCCCc2ccccn2)C[C@H]1NC(=O)c1ccc[nH]1. The van der Waals surface area contributed by atoms with Crippen LogP contribution in [0.5, 0.6) is 0 Å². The summed E-state index contributed by atoms with van der Waals surface area (Å²) in [7, 11) is 0. The zero-order valence-corrected chi connectivity index (χ0v) is 17.6. The maximum Gasteiger partial charge on any atom is 0.267 e. The van der Waals surface area contributed by atoms with E-state index in [4.69, 9.17) is 4.74 Å². The van der Waals surface area contributed by atoms with Crippen molar-refractivity contribution < 1.29 is 14.3 Å². The maximum atomic E-state index is 12.7. The molecule has 1 saturated carbocycles. The van der Waals surface area contributed by atoms with Gasteiger partial charge in [0.2, 0.25) is 5.91 Å². The van der Waals surface area contributed by atoms with Crippen molar-refractivity contribution in [3.63, 3.8) is 0 Å². The van der Waals surface area contributed by atoms with Gasteiger partial charge < -0.3 is 20.4 Å². The second-order valence-electron chi connectivity index (χ2n) is 7.80. The molecule has 0 aliphatic heterocycles. The molecule has 162 valence electrons. The predicted molar refractivity (Wildman–Crippen MR) is 115 cm³/mol. The van der Waals surface area contributed by atoms with Crippen LogP contribution < -0.4 is 10.6 Å². The Morgan fingerprint density at radius 2 is 2.13 bits per heavy atom. The van der Waals surface area contributed by atoms with Gasteiger partial charge in [-0.15, -0.1) is 0 Å². The van der Waals surface area contributed by atoms with Crippen LogP contribution in [0.25, 0.3) is 0 Å². The van der Waals surface area contributed by atoms with E-state index >= 15 is 0 Å². The van der Waals surface area contributed by atoms with E-state index in [1.165, 1.54) is 0 Å². The topological polar surface area (TPSA) is 96.1 Å². The number of rotatable bonds is 10. The quantitative estimate of drug-likeness (QED) is 0.523. The minimum Gasteiger partial charge on any atom is -0.376 e. The minimum atomic E-state index is -0.176. The molecule has 2 amide bonds. The largest absolute Gasteiger partial charge is 0.376 e. The van der Waals surface area contributed by atoms with E-state index in [2.05, 4.69) is 27.5 Å². The Labute approximate surface area is 178 Å². The van der Waals surface area contributed by atoms with Crippen LogP contribution in [0, 0.1) is 5.92 Å². The van der Waals surface area contributed by atoms with Gasteiger partial charge in [-0.1, -0.05) is 13.0 Å². The highest BCUT2D eigenvalue weighted by Crippen LogP contribution is 2.27. The zero-order valence-electron chi connectivity index (χ0n) is 17.6. The van der Waals surface area contributed by atoms with Gasteiger partial charge in [0.1, 0.15) is 5.69 Å². The first-order chi connectivity index (χ1) is 14.7. The van der Waals surface area contributed by atoms with E-state index in [-0.39, 0.29) is 29.9 Å². The minimum absolute atomic E-state index is 0.0583. The molecule has 3 rings (SSSR count). The molecule has 7 nitrogen and oxygen atoms in total. The number of aromatic nitrogens is 2. The molecule has 1 aliphatic rings. The number of carbonyl (C=O) groups excluding carboxylic acids is 2. The van der Waals surface area contributed by atoms with Crippen molar-refractivity contribution in [1.29, 1.82) is 0 Å². The summed E-state index contributed by atoms with van der Waals surface area (Å²) < 4.78 is 5.97. The van der Waals surface area contributed by atoms with E-state index in [0.717, 1.165) is 37.8 Å². The average Bonchev–Trinajstić information content (AvgIpc) is 3.31. The standard InChI is InChI=1S/C23H32N4O3/c1-2-15-30-21-11-10-17(16-20(21)27-23(29)19-9-6-13-25-19)22(28)26-14-5-8-18-7-3-4-12-24-18/h3-4,6-7,9,12-13,17,20-21,25H,2,5,8,10-11,14-16H2,1H3,(H,26,28)(H,27,29)/t17-,20+,21+/m0/s1. The summed E-state index contributed by atoms with van der Waals surface area (Å²) in [4.78, 5) is 32.5. The maximum absolute atomic E-state index is 12.7. The molecule has 0 aromatic carbocycles. The molecule has 0 radical (unpaired) electrons. The number of hydrogen-bond donors (Lipinski definition) is 3. The van der Waals surface area contributed by atoms with E-state index in [0.29, 0.717) is 25.3 Å². The molecular formula is C23H32N4O3. The Kier molecular flexibility index (Phi) is 8.44. The van der Waals surface area contributed by atoms with E-state index in [1.807, 2.05) is 18.2 Å². The van der Waals surface area contributed by atoms with Crippen LogP contribution in [0.3, 0.4) is 0 Å². The van der Waals surface area contributed by atoms with Gasteiger partial charge in [0.05, 0.1) is 12.1 Å². The molecule has 1 aliphatic carbocycles. The first-order valence-corrected chi connectivity index (χ1v) is 10.9. The first-order valence-electron chi connectivity index (χ1n) is 10.9. The lowest BCUT2D eigenvalue weighted by Gasteiger charge is -2.35. The molecule has 0 saturated heterocycles. The first kappa shape index (κ1) is 22.0. The highest BCUT2D eigenvalue weighted by molar-refractivity contribution is 5.92. The fourth-order valence-electron chi connectivity index (χ4n) is 3.89. The Hall–Kier alpha value is -2.67. The van der Waals surface area contributed by atoms with Crippen LogP contribution in [-0.2, 0) is 16.0 Å². The number of amides is 2. The van der Waals surface area contributed by atoms with Crippen molar-refractivity contribution in [2.24, 2.45) is 5.92 Å². The third kappa shape index (κ3) is 6.42. The zero-order chi connectivity index (χ0) is 21.2. The van der Waals surface area contributed by atoms with Crippen LogP contribution in [-0.4, -0.2) is 47.1 Å².